The predicted molar refractivity (Wildman–Crippen MR) is 87.0 cm³/mol. The number of halogens is 1. The Morgan fingerprint density at radius 3 is 3.00 bits per heavy atom. The Labute approximate surface area is 135 Å². The van der Waals surface area contributed by atoms with Crippen molar-refractivity contribution in [1.29, 1.82) is 0 Å². The molecule has 2 aromatic rings. The third-order valence-corrected chi connectivity index (χ3v) is 4.14. The summed E-state index contributed by atoms with van der Waals surface area (Å²) in [4.78, 5) is 15.9. The van der Waals surface area contributed by atoms with Gasteiger partial charge in [-0.2, -0.15) is 5.10 Å². The predicted octanol–water partition coefficient (Wildman–Crippen LogP) is 2.92. The molecule has 21 heavy (non-hydrogen) atoms. The van der Waals surface area contributed by atoms with Crippen LogP contribution in [0, 0.1) is 6.92 Å². The molecule has 0 spiro atoms. The van der Waals surface area contributed by atoms with Crippen LogP contribution in [0.15, 0.2) is 33.2 Å². The minimum atomic E-state index is -0.187. The lowest BCUT2D eigenvalue weighted by Gasteiger charge is -2.03. The number of methoxy groups -OCH3 is 1. The van der Waals surface area contributed by atoms with E-state index in [9.17, 15) is 4.79 Å². The van der Waals surface area contributed by atoms with Crippen LogP contribution in [0.1, 0.15) is 16.3 Å². The van der Waals surface area contributed by atoms with Crippen molar-refractivity contribution in [2.75, 3.05) is 7.11 Å². The van der Waals surface area contributed by atoms with E-state index in [2.05, 4.69) is 31.4 Å². The molecule has 1 aromatic heterocycles. The van der Waals surface area contributed by atoms with E-state index in [-0.39, 0.29) is 12.3 Å². The van der Waals surface area contributed by atoms with Gasteiger partial charge in [0.1, 0.15) is 10.8 Å². The summed E-state index contributed by atoms with van der Waals surface area (Å²) in [6.07, 6.45) is 1.82. The van der Waals surface area contributed by atoms with Crippen LogP contribution in [-0.4, -0.2) is 24.2 Å². The summed E-state index contributed by atoms with van der Waals surface area (Å²) in [5.74, 6) is 0.559. The Morgan fingerprint density at radius 1 is 1.57 bits per heavy atom. The van der Waals surface area contributed by atoms with Gasteiger partial charge in [-0.3, -0.25) is 4.79 Å². The third kappa shape index (κ3) is 4.64. The van der Waals surface area contributed by atoms with Crippen molar-refractivity contribution < 1.29 is 9.53 Å². The van der Waals surface area contributed by atoms with Gasteiger partial charge in [0.15, 0.2) is 0 Å². The number of rotatable bonds is 5. The van der Waals surface area contributed by atoms with Gasteiger partial charge in [-0.05, 0) is 46.6 Å². The number of carbonyl (C=O) groups excluding carboxylic acids is 1. The smallest absolute Gasteiger partial charge is 0.246 e. The molecule has 0 unspecified atom stereocenters. The normalized spacial score (nSPS) is 10.8. The minimum absolute atomic E-state index is 0.187. The lowest BCUT2D eigenvalue weighted by atomic mass is 10.2. The molecule has 1 amide bonds. The molecule has 0 saturated carbocycles. The van der Waals surface area contributed by atoms with E-state index in [0.29, 0.717) is 0 Å². The molecule has 0 saturated heterocycles. The molecule has 0 radical (unpaired) electrons. The fourth-order valence-electron chi connectivity index (χ4n) is 1.60. The number of hydrogen-bond acceptors (Lipinski definition) is 5. The molecule has 1 aromatic carbocycles. The first-order chi connectivity index (χ1) is 10.1. The van der Waals surface area contributed by atoms with Crippen LogP contribution in [-0.2, 0) is 11.2 Å². The van der Waals surface area contributed by atoms with Crippen LogP contribution in [0.5, 0.6) is 5.75 Å². The molecule has 0 aliphatic rings. The Morgan fingerprint density at radius 2 is 2.38 bits per heavy atom. The number of aryl methyl sites for hydroxylation is 1. The molecule has 0 aliphatic carbocycles. The minimum Gasteiger partial charge on any atom is -0.496 e. The van der Waals surface area contributed by atoms with E-state index in [4.69, 9.17) is 4.74 Å². The summed E-state index contributed by atoms with van der Waals surface area (Å²) in [6, 6.07) is 5.54. The Kier molecular flexibility index (Phi) is 5.46. The number of hydrazone groups is 1. The molecule has 1 N–H and O–H groups in total. The van der Waals surface area contributed by atoms with Crippen LogP contribution in [0.2, 0.25) is 0 Å². The standard InChI is InChI=1S/C14H14BrN3O2S/c1-9-8-21-14(17-9)6-13(19)18-16-7-10-3-4-12(20-2)11(15)5-10/h3-5,7-8H,6H2,1-2H3,(H,18,19)/b16-7-. The zero-order chi connectivity index (χ0) is 15.2. The van der Waals surface area contributed by atoms with E-state index in [1.54, 1.807) is 13.3 Å². The molecule has 0 atom stereocenters. The van der Waals surface area contributed by atoms with Crippen LogP contribution in [0.25, 0.3) is 0 Å². The number of hydrogen-bond donors (Lipinski definition) is 1. The fraction of sp³-hybridized carbons (Fsp3) is 0.214. The Bertz CT molecular complexity index is 670. The highest BCUT2D eigenvalue weighted by Crippen LogP contribution is 2.24. The number of aromatic nitrogens is 1. The van der Waals surface area contributed by atoms with Gasteiger partial charge in [-0.1, -0.05) is 0 Å². The van der Waals surface area contributed by atoms with Crippen molar-refractivity contribution in [1.82, 2.24) is 10.4 Å². The van der Waals surface area contributed by atoms with Crippen LogP contribution >= 0.6 is 27.3 Å². The molecule has 110 valence electrons. The maximum absolute atomic E-state index is 11.7. The average Bonchev–Trinajstić information content (AvgIpc) is 2.84. The van der Waals surface area contributed by atoms with Crippen LogP contribution in [0.3, 0.4) is 0 Å². The van der Waals surface area contributed by atoms with E-state index < -0.39 is 0 Å². The second-order valence-electron chi connectivity index (χ2n) is 4.25. The van der Waals surface area contributed by atoms with Gasteiger partial charge in [0, 0.05) is 11.1 Å². The molecule has 0 aliphatic heterocycles. The average molecular weight is 368 g/mol. The van der Waals surface area contributed by atoms with Crippen molar-refractivity contribution in [3.63, 3.8) is 0 Å². The van der Waals surface area contributed by atoms with E-state index >= 15 is 0 Å². The van der Waals surface area contributed by atoms with E-state index in [1.807, 2.05) is 30.5 Å². The summed E-state index contributed by atoms with van der Waals surface area (Å²) in [7, 11) is 1.61. The van der Waals surface area contributed by atoms with Gasteiger partial charge in [-0.25, -0.2) is 10.4 Å². The van der Waals surface area contributed by atoms with Crippen molar-refractivity contribution in [2.24, 2.45) is 5.10 Å². The molecule has 2 rings (SSSR count). The number of nitrogens with zero attached hydrogens (tertiary/aromatic N) is 2. The van der Waals surface area contributed by atoms with Crippen LogP contribution < -0.4 is 10.2 Å². The number of ether oxygens (including phenoxy) is 1. The molecule has 5 nitrogen and oxygen atoms in total. The lowest BCUT2D eigenvalue weighted by molar-refractivity contribution is -0.120. The van der Waals surface area contributed by atoms with Gasteiger partial charge in [0.2, 0.25) is 5.91 Å². The first-order valence-corrected chi connectivity index (χ1v) is 7.82. The van der Waals surface area contributed by atoms with Gasteiger partial charge in [0.05, 0.1) is 24.2 Å². The monoisotopic (exact) mass is 367 g/mol. The molecule has 0 bridgehead atoms. The summed E-state index contributed by atoms with van der Waals surface area (Å²) in [5, 5.41) is 6.63. The largest absolute Gasteiger partial charge is 0.496 e. The van der Waals surface area contributed by atoms with Crippen LogP contribution in [0.4, 0.5) is 0 Å². The maximum atomic E-state index is 11.7. The van der Waals surface area contributed by atoms with Crippen molar-refractivity contribution in [2.45, 2.75) is 13.3 Å². The zero-order valence-electron chi connectivity index (χ0n) is 11.6. The Hall–Kier alpha value is -1.73. The van der Waals surface area contributed by atoms with Crippen molar-refractivity contribution >= 4 is 39.4 Å². The Balaban J connectivity index is 1.89. The van der Waals surface area contributed by atoms with Gasteiger partial charge in [0.25, 0.3) is 0 Å². The maximum Gasteiger partial charge on any atom is 0.246 e. The molecule has 1 heterocycles. The lowest BCUT2D eigenvalue weighted by Crippen LogP contribution is -2.19. The van der Waals surface area contributed by atoms with Crippen molar-refractivity contribution in [3.8, 4) is 5.75 Å². The summed E-state index contributed by atoms with van der Waals surface area (Å²) < 4.78 is 5.98. The number of carbonyl (C=O) groups is 1. The first-order valence-electron chi connectivity index (χ1n) is 6.15. The van der Waals surface area contributed by atoms with E-state index in [0.717, 1.165) is 26.5 Å². The highest BCUT2D eigenvalue weighted by atomic mass is 79.9. The number of nitrogens with one attached hydrogen (secondary N) is 1. The molecular formula is C14H14BrN3O2S. The number of amides is 1. The third-order valence-electron chi connectivity index (χ3n) is 2.56. The second kappa shape index (κ2) is 7.33. The second-order valence-corrected chi connectivity index (χ2v) is 6.04. The SMILES string of the molecule is COc1ccc(/C=N\NC(=O)Cc2nc(C)cs2)cc1Br. The molecule has 0 fully saturated rings. The fourth-order valence-corrected chi connectivity index (χ4v) is 2.93. The summed E-state index contributed by atoms with van der Waals surface area (Å²) >= 11 is 4.86. The number of thiazole rings is 1. The van der Waals surface area contributed by atoms with Gasteiger partial charge < -0.3 is 4.74 Å². The summed E-state index contributed by atoms with van der Waals surface area (Å²) in [6.45, 7) is 1.90. The van der Waals surface area contributed by atoms with Gasteiger partial charge >= 0.3 is 0 Å². The summed E-state index contributed by atoms with van der Waals surface area (Å²) in [5.41, 5.74) is 4.27. The first kappa shape index (κ1) is 15.7. The van der Waals surface area contributed by atoms with Crippen molar-refractivity contribution in [3.05, 3.63) is 44.3 Å². The quantitative estimate of drug-likeness (QED) is 0.652. The molecule has 7 heteroatoms. The highest BCUT2D eigenvalue weighted by molar-refractivity contribution is 9.10. The number of benzene rings is 1. The highest BCUT2D eigenvalue weighted by Gasteiger charge is 2.05. The zero-order valence-corrected chi connectivity index (χ0v) is 14.0. The van der Waals surface area contributed by atoms with E-state index in [1.165, 1.54) is 11.3 Å². The molecular weight excluding hydrogens is 354 g/mol. The van der Waals surface area contributed by atoms with Gasteiger partial charge in [-0.15, -0.1) is 11.3 Å². The topological polar surface area (TPSA) is 63.6 Å².